The quantitative estimate of drug-likeness (QED) is 0.602. The van der Waals surface area contributed by atoms with Crippen LogP contribution in [0.1, 0.15) is 43.4 Å². The van der Waals surface area contributed by atoms with E-state index in [9.17, 15) is 0 Å². The molecule has 1 aliphatic heterocycles. The van der Waals surface area contributed by atoms with Gasteiger partial charge in [-0.2, -0.15) is 0 Å². The second-order valence-electron chi connectivity index (χ2n) is 6.49. The molecule has 0 radical (unpaired) electrons. The molecule has 2 heterocycles. The topological polar surface area (TPSA) is 67.1 Å². The average Bonchev–Trinajstić information content (AvgIpc) is 2.87. The lowest BCUT2D eigenvalue weighted by Gasteiger charge is -2.11. The number of halogens is 1. The molecule has 2 aromatic rings. The van der Waals surface area contributed by atoms with E-state index in [-0.39, 0.29) is 0 Å². The van der Waals surface area contributed by atoms with Crippen LogP contribution in [0.2, 0.25) is 5.02 Å². The number of fused-ring (bicyclic) bond motifs is 1. The van der Waals surface area contributed by atoms with E-state index in [2.05, 4.69) is 49.4 Å². The first kappa shape index (κ1) is 18.7. The molecule has 140 valence electrons. The number of aliphatic imine (C=N–C) groups is 1. The minimum absolute atomic E-state index is 0.545. The van der Waals surface area contributed by atoms with Crippen LogP contribution in [-0.4, -0.2) is 33.8 Å². The zero-order chi connectivity index (χ0) is 18.2. The lowest BCUT2D eigenvalue weighted by Crippen LogP contribution is -2.38. The van der Waals surface area contributed by atoms with Crippen LogP contribution in [0.15, 0.2) is 29.3 Å². The van der Waals surface area contributed by atoms with Crippen LogP contribution in [0.5, 0.6) is 0 Å². The second kappa shape index (κ2) is 9.57. The molecule has 0 aliphatic carbocycles. The Balaban J connectivity index is 1.57. The number of hydrogen-bond acceptors (Lipinski definition) is 3. The van der Waals surface area contributed by atoms with E-state index < -0.39 is 0 Å². The summed E-state index contributed by atoms with van der Waals surface area (Å²) in [7, 11) is 0. The summed E-state index contributed by atoms with van der Waals surface area (Å²) in [4.78, 5) is 4.69. The summed E-state index contributed by atoms with van der Waals surface area (Å²) in [5, 5.41) is 16.1. The Hall–Kier alpha value is -2.08. The first-order valence-electron chi connectivity index (χ1n) is 9.44. The standard InChI is InChI=1S/C19H27ClN6/c1-2-21-19(22-12-11-15-7-9-16(20)10-8-15)23-14-18-25-24-17-6-4-3-5-13-26(17)18/h7-10H,2-6,11-14H2,1H3,(H2,21,22,23). The molecule has 1 aliphatic rings. The van der Waals surface area contributed by atoms with Crippen molar-refractivity contribution in [1.82, 2.24) is 25.4 Å². The smallest absolute Gasteiger partial charge is 0.191 e. The molecule has 1 aromatic carbocycles. The van der Waals surface area contributed by atoms with Crippen molar-refractivity contribution in [3.8, 4) is 0 Å². The summed E-state index contributed by atoms with van der Waals surface area (Å²) in [6, 6.07) is 7.96. The van der Waals surface area contributed by atoms with E-state index in [1.165, 1.54) is 24.8 Å². The molecule has 1 aromatic heterocycles. The van der Waals surface area contributed by atoms with Crippen molar-refractivity contribution >= 4 is 17.6 Å². The van der Waals surface area contributed by atoms with Gasteiger partial charge in [-0.3, -0.25) is 0 Å². The predicted octanol–water partition coefficient (Wildman–Crippen LogP) is 2.96. The van der Waals surface area contributed by atoms with Crippen molar-refractivity contribution in [1.29, 1.82) is 0 Å². The van der Waals surface area contributed by atoms with Gasteiger partial charge in [0.05, 0.1) is 0 Å². The number of benzene rings is 1. The van der Waals surface area contributed by atoms with Crippen LogP contribution in [0.3, 0.4) is 0 Å². The predicted molar refractivity (Wildman–Crippen MR) is 106 cm³/mol. The zero-order valence-corrected chi connectivity index (χ0v) is 16.1. The molecule has 0 spiro atoms. The lowest BCUT2D eigenvalue weighted by atomic mass is 10.1. The van der Waals surface area contributed by atoms with Crippen molar-refractivity contribution in [2.45, 2.75) is 52.1 Å². The van der Waals surface area contributed by atoms with E-state index in [0.29, 0.717) is 6.54 Å². The average molecular weight is 375 g/mol. The second-order valence-corrected chi connectivity index (χ2v) is 6.93. The number of guanidine groups is 1. The molecule has 6 nitrogen and oxygen atoms in total. The maximum Gasteiger partial charge on any atom is 0.191 e. The molecule has 0 unspecified atom stereocenters. The van der Waals surface area contributed by atoms with Gasteiger partial charge in [0.1, 0.15) is 12.4 Å². The highest BCUT2D eigenvalue weighted by Gasteiger charge is 2.14. The molecule has 26 heavy (non-hydrogen) atoms. The molecule has 0 bridgehead atoms. The van der Waals surface area contributed by atoms with E-state index in [1.807, 2.05) is 12.1 Å². The number of nitrogens with zero attached hydrogens (tertiary/aromatic N) is 4. The highest BCUT2D eigenvalue weighted by molar-refractivity contribution is 6.30. The number of nitrogens with one attached hydrogen (secondary N) is 2. The van der Waals surface area contributed by atoms with Crippen molar-refractivity contribution in [3.05, 3.63) is 46.5 Å². The minimum atomic E-state index is 0.545. The van der Waals surface area contributed by atoms with Crippen molar-refractivity contribution < 1.29 is 0 Å². The van der Waals surface area contributed by atoms with Crippen LogP contribution in [0.4, 0.5) is 0 Å². The van der Waals surface area contributed by atoms with Crippen LogP contribution in [0, 0.1) is 0 Å². The van der Waals surface area contributed by atoms with Gasteiger partial charge in [0.15, 0.2) is 11.8 Å². The van der Waals surface area contributed by atoms with Gasteiger partial charge in [-0.05, 0) is 43.9 Å². The molecule has 2 N–H and O–H groups in total. The number of aryl methyl sites for hydroxylation is 1. The monoisotopic (exact) mass is 374 g/mol. The minimum Gasteiger partial charge on any atom is -0.357 e. The molecular weight excluding hydrogens is 348 g/mol. The highest BCUT2D eigenvalue weighted by atomic mass is 35.5. The Labute approximate surface area is 160 Å². The largest absolute Gasteiger partial charge is 0.357 e. The van der Waals surface area contributed by atoms with E-state index in [0.717, 1.165) is 55.1 Å². The summed E-state index contributed by atoms with van der Waals surface area (Å²) < 4.78 is 2.24. The van der Waals surface area contributed by atoms with Crippen LogP contribution in [0.25, 0.3) is 0 Å². The first-order chi connectivity index (χ1) is 12.8. The SMILES string of the molecule is CCNC(=NCc1nnc2n1CCCCC2)NCCc1ccc(Cl)cc1. The molecule has 0 fully saturated rings. The van der Waals surface area contributed by atoms with Crippen LogP contribution in [-0.2, 0) is 25.9 Å². The summed E-state index contributed by atoms with van der Waals surface area (Å²) in [5.74, 6) is 2.87. The van der Waals surface area contributed by atoms with Gasteiger partial charge < -0.3 is 15.2 Å². The number of hydrogen-bond donors (Lipinski definition) is 2. The Kier molecular flexibility index (Phi) is 6.89. The molecule has 0 saturated heterocycles. The third-order valence-electron chi connectivity index (χ3n) is 4.53. The molecule has 0 saturated carbocycles. The fourth-order valence-electron chi connectivity index (χ4n) is 3.13. The summed E-state index contributed by atoms with van der Waals surface area (Å²) in [6.45, 7) is 5.26. The first-order valence-corrected chi connectivity index (χ1v) is 9.81. The molecule has 3 rings (SSSR count). The third kappa shape index (κ3) is 5.21. The summed E-state index contributed by atoms with van der Waals surface area (Å²) >= 11 is 5.93. The fraction of sp³-hybridized carbons (Fsp3) is 0.526. The van der Waals surface area contributed by atoms with Gasteiger partial charge in [0.2, 0.25) is 0 Å². The van der Waals surface area contributed by atoms with Crippen LogP contribution >= 0.6 is 11.6 Å². The van der Waals surface area contributed by atoms with E-state index >= 15 is 0 Å². The highest BCUT2D eigenvalue weighted by Crippen LogP contribution is 2.14. The number of rotatable bonds is 6. The van der Waals surface area contributed by atoms with Gasteiger partial charge in [-0.1, -0.05) is 30.2 Å². The maximum absolute atomic E-state index is 5.93. The fourth-order valence-corrected chi connectivity index (χ4v) is 3.26. The molecule has 7 heteroatoms. The molecule has 0 atom stereocenters. The molecule has 0 amide bonds. The normalized spacial score (nSPS) is 14.6. The Morgan fingerprint density at radius 3 is 2.81 bits per heavy atom. The van der Waals surface area contributed by atoms with Gasteiger partial charge in [0, 0.05) is 31.1 Å². The third-order valence-corrected chi connectivity index (χ3v) is 4.78. The van der Waals surface area contributed by atoms with E-state index in [4.69, 9.17) is 11.6 Å². The molecular formula is C19H27ClN6. The van der Waals surface area contributed by atoms with Crippen molar-refractivity contribution in [2.24, 2.45) is 4.99 Å². The van der Waals surface area contributed by atoms with Gasteiger partial charge in [-0.15, -0.1) is 10.2 Å². The van der Waals surface area contributed by atoms with Gasteiger partial charge in [-0.25, -0.2) is 4.99 Å². The Bertz CT molecular complexity index is 722. The summed E-state index contributed by atoms with van der Waals surface area (Å²) in [6.07, 6.45) is 5.61. The van der Waals surface area contributed by atoms with Crippen LogP contribution < -0.4 is 10.6 Å². The van der Waals surface area contributed by atoms with Crippen molar-refractivity contribution in [2.75, 3.05) is 13.1 Å². The van der Waals surface area contributed by atoms with Gasteiger partial charge >= 0.3 is 0 Å². The summed E-state index contributed by atoms with van der Waals surface area (Å²) in [5.41, 5.74) is 1.25. The van der Waals surface area contributed by atoms with E-state index in [1.54, 1.807) is 0 Å². The Morgan fingerprint density at radius 1 is 1.15 bits per heavy atom. The van der Waals surface area contributed by atoms with Crippen molar-refractivity contribution in [3.63, 3.8) is 0 Å². The lowest BCUT2D eigenvalue weighted by molar-refractivity contribution is 0.605. The maximum atomic E-state index is 5.93. The number of aromatic nitrogens is 3. The van der Waals surface area contributed by atoms with Gasteiger partial charge in [0.25, 0.3) is 0 Å². The Morgan fingerprint density at radius 2 is 2.00 bits per heavy atom. The zero-order valence-electron chi connectivity index (χ0n) is 15.3.